The molecule has 1 aromatic heterocycles. The smallest absolute Gasteiger partial charge is 0.272 e. The topological polar surface area (TPSA) is 80.1 Å². The number of para-hydroxylation sites is 3. The van der Waals surface area contributed by atoms with Crippen LogP contribution in [-0.2, 0) is 0 Å². The number of aromatic nitrogens is 1. The van der Waals surface area contributed by atoms with E-state index in [1.54, 1.807) is 31.4 Å². The molecule has 3 aromatic rings. The molecule has 0 spiro atoms. The van der Waals surface area contributed by atoms with E-state index in [1.165, 1.54) is 0 Å². The van der Waals surface area contributed by atoms with E-state index in [0.717, 1.165) is 10.9 Å². The van der Waals surface area contributed by atoms with Crippen molar-refractivity contribution in [3.8, 4) is 5.75 Å². The predicted molar refractivity (Wildman–Crippen MR) is 83.7 cm³/mol. The van der Waals surface area contributed by atoms with Crippen LogP contribution in [0, 0.1) is 0 Å². The Morgan fingerprint density at radius 3 is 2.76 bits per heavy atom. The molecule has 0 saturated heterocycles. The molecule has 3 rings (SSSR count). The molecule has 2 aromatic carbocycles. The zero-order valence-electron chi connectivity index (χ0n) is 11.5. The monoisotopic (exact) mass is 281 g/mol. The molecule has 0 radical (unpaired) electrons. The second kappa shape index (κ2) is 5.20. The second-order valence-corrected chi connectivity index (χ2v) is 4.65. The highest BCUT2D eigenvalue weighted by molar-refractivity contribution is 6.07. The number of rotatable bonds is 3. The lowest BCUT2D eigenvalue weighted by Gasteiger charge is -2.08. The zero-order valence-corrected chi connectivity index (χ0v) is 11.5. The molecule has 5 nitrogen and oxygen atoms in total. The number of benzene rings is 2. The number of ether oxygens (including phenoxy) is 1. The highest BCUT2D eigenvalue weighted by Crippen LogP contribution is 2.25. The summed E-state index contributed by atoms with van der Waals surface area (Å²) in [5, 5.41) is 3.73. The fourth-order valence-electron chi connectivity index (χ4n) is 2.24. The van der Waals surface area contributed by atoms with Crippen LogP contribution in [0.3, 0.4) is 0 Å². The molecule has 0 saturated carbocycles. The van der Waals surface area contributed by atoms with Crippen molar-refractivity contribution in [1.29, 1.82) is 0 Å². The van der Waals surface area contributed by atoms with Crippen molar-refractivity contribution in [3.63, 3.8) is 0 Å². The highest BCUT2D eigenvalue weighted by Gasteiger charge is 2.12. The van der Waals surface area contributed by atoms with Crippen LogP contribution in [0.1, 0.15) is 10.5 Å². The van der Waals surface area contributed by atoms with Crippen molar-refractivity contribution in [2.45, 2.75) is 0 Å². The minimum Gasteiger partial charge on any atom is -0.495 e. The third kappa shape index (κ3) is 2.41. The van der Waals surface area contributed by atoms with Crippen molar-refractivity contribution in [2.24, 2.45) is 0 Å². The number of aromatic amines is 1. The Bertz CT molecular complexity index is 808. The van der Waals surface area contributed by atoms with Crippen LogP contribution >= 0.6 is 0 Å². The van der Waals surface area contributed by atoms with Crippen LogP contribution in [-0.4, -0.2) is 18.0 Å². The van der Waals surface area contributed by atoms with Crippen molar-refractivity contribution in [2.75, 3.05) is 18.2 Å². The number of fused-ring (bicyclic) bond motifs is 1. The van der Waals surface area contributed by atoms with E-state index in [0.29, 0.717) is 22.8 Å². The number of amides is 1. The van der Waals surface area contributed by atoms with Crippen molar-refractivity contribution in [1.82, 2.24) is 4.98 Å². The molecule has 1 heterocycles. The average molecular weight is 281 g/mol. The summed E-state index contributed by atoms with van der Waals surface area (Å²) in [4.78, 5) is 15.4. The fourth-order valence-corrected chi connectivity index (χ4v) is 2.24. The number of hydrogen-bond donors (Lipinski definition) is 3. The van der Waals surface area contributed by atoms with Gasteiger partial charge in [-0.3, -0.25) is 4.79 Å². The maximum absolute atomic E-state index is 12.3. The first-order chi connectivity index (χ1) is 10.2. The Morgan fingerprint density at radius 1 is 1.19 bits per heavy atom. The van der Waals surface area contributed by atoms with Gasteiger partial charge < -0.3 is 20.8 Å². The number of methoxy groups -OCH3 is 1. The van der Waals surface area contributed by atoms with Gasteiger partial charge in [-0.1, -0.05) is 24.3 Å². The number of hydrogen-bond acceptors (Lipinski definition) is 3. The maximum Gasteiger partial charge on any atom is 0.272 e. The van der Waals surface area contributed by atoms with Crippen LogP contribution in [0.15, 0.2) is 48.5 Å². The van der Waals surface area contributed by atoms with E-state index in [-0.39, 0.29) is 5.91 Å². The van der Waals surface area contributed by atoms with Gasteiger partial charge in [0.2, 0.25) is 0 Å². The van der Waals surface area contributed by atoms with Crippen LogP contribution in [0.4, 0.5) is 11.4 Å². The van der Waals surface area contributed by atoms with Gasteiger partial charge in [0, 0.05) is 5.39 Å². The molecule has 21 heavy (non-hydrogen) atoms. The van der Waals surface area contributed by atoms with Crippen molar-refractivity contribution < 1.29 is 9.53 Å². The van der Waals surface area contributed by atoms with Gasteiger partial charge in [0.25, 0.3) is 5.91 Å². The number of nitrogens with one attached hydrogen (secondary N) is 2. The van der Waals surface area contributed by atoms with Crippen molar-refractivity contribution in [3.05, 3.63) is 54.2 Å². The molecule has 0 aliphatic heterocycles. The van der Waals surface area contributed by atoms with Gasteiger partial charge in [-0.05, 0) is 24.3 Å². The van der Waals surface area contributed by atoms with E-state index in [2.05, 4.69) is 10.3 Å². The molecule has 0 atom stereocenters. The third-order valence-electron chi connectivity index (χ3n) is 3.29. The molecule has 0 fully saturated rings. The van der Waals surface area contributed by atoms with Gasteiger partial charge in [0.05, 0.1) is 24.0 Å². The Morgan fingerprint density at radius 2 is 2.00 bits per heavy atom. The van der Waals surface area contributed by atoms with Crippen LogP contribution in [0.25, 0.3) is 10.9 Å². The third-order valence-corrected chi connectivity index (χ3v) is 3.29. The average Bonchev–Trinajstić information content (AvgIpc) is 2.93. The molecular formula is C16H15N3O2. The minimum absolute atomic E-state index is 0.241. The first-order valence-electron chi connectivity index (χ1n) is 6.50. The number of nitrogens with two attached hydrogens (primary N) is 1. The normalized spacial score (nSPS) is 10.5. The largest absolute Gasteiger partial charge is 0.495 e. The molecule has 4 N–H and O–H groups in total. The standard InChI is InChI=1S/C16H15N3O2/c1-21-14-8-3-2-7-12(14)19-16(20)13-9-10-5-4-6-11(17)15(10)18-13/h2-9,18H,17H2,1H3,(H,19,20). The van der Waals surface area contributed by atoms with Gasteiger partial charge in [-0.15, -0.1) is 0 Å². The summed E-state index contributed by atoms with van der Waals surface area (Å²) < 4.78 is 5.22. The van der Waals surface area contributed by atoms with Gasteiger partial charge in [0.15, 0.2) is 0 Å². The SMILES string of the molecule is COc1ccccc1NC(=O)c1cc2cccc(N)c2[nH]1. The summed E-state index contributed by atoms with van der Waals surface area (Å²) in [6.45, 7) is 0. The Labute approximate surface area is 121 Å². The fraction of sp³-hybridized carbons (Fsp3) is 0.0625. The van der Waals surface area contributed by atoms with Crippen LogP contribution < -0.4 is 15.8 Å². The lowest BCUT2D eigenvalue weighted by atomic mass is 10.2. The van der Waals surface area contributed by atoms with Crippen LogP contribution in [0.2, 0.25) is 0 Å². The summed E-state index contributed by atoms with van der Waals surface area (Å²) in [7, 11) is 1.56. The van der Waals surface area contributed by atoms with E-state index in [1.807, 2.05) is 24.3 Å². The maximum atomic E-state index is 12.3. The van der Waals surface area contributed by atoms with E-state index in [9.17, 15) is 4.79 Å². The lowest BCUT2D eigenvalue weighted by molar-refractivity contribution is 0.102. The molecule has 0 bridgehead atoms. The molecule has 0 aliphatic rings. The Balaban J connectivity index is 1.92. The minimum atomic E-state index is -0.241. The van der Waals surface area contributed by atoms with Crippen molar-refractivity contribution >= 4 is 28.2 Å². The zero-order chi connectivity index (χ0) is 14.8. The molecule has 0 aliphatic carbocycles. The lowest BCUT2D eigenvalue weighted by Crippen LogP contribution is -2.12. The quantitative estimate of drug-likeness (QED) is 0.645. The molecule has 0 unspecified atom stereocenters. The number of anilines is 2. The summed E-state index contributed by atoms with van der Waals surface area (Å²) in [5.41, 5.74) is 8.34. The molecular weight excluding hydrogens is 266 g/mol. The Kier molecular flexibility index (Phi) is 3.23. The summed E-state index contributed by atoms with van der Waals surface area (Å²) in [5.74, 6) is 0.372. The first kappa shape index (κ1) is 13.1. The molecule has 1 amide bonds. The number of nitrogen functional groups attached to an aromatic ring is 1. The van der Waals surface area contributed by atoms with Gasteiger partial charge in [-0.25, -0.2) is 0 Å². The van der Waals surface area contributed by atoms with Gasteiger partial charge in [0.1, 0.15) is 11.4 Å². The summed E-state index contributed by atoms with van der Waals surface area (Å²) in [6, 6.07) is 14.6. The van der Waals surface area contributed by atoms with Crippen LogP contribution in [0.5, 0.6) is 5.75 Å². The predicted octanol–water partition coefficient (Wildman–Crippen LogP) is 3.01. The van der Waals surface area contributed by atoms with E-state index >= 15 is 0 Å². The second-order valence-electron chi connectivity index (χ2n) is 4.65. The van der Waals surface area contributed by atoms with E-state index in [4.69, 9.17) is 10.5 Å². The summed E-state index contributed by atoms with van der Waals surface area (Å²) >= 11 is 0. The van der Waals surface area contributed by atoms with Gasteiger partial charge in [-0.2, -0.15) is 0 Å². The van der Waals surface area contributed by atoms with E-state index < -0.39 is 0 Å². The number of carbonyl (C=O) groups excluding carboxylic acids is 1. The number of carbonyl (C=O) groups is 1. The van der Waals surface area contributed by atoms with Gasteiger partial charge >= 0.3 is 0 Å². The highest BCUT2D eigenvalue weighted by atomic mass is 16.5. The first-order valence-corrected chi connectivity index (χ1v) is 6.50. The molecule has 5 heteroatoms. The number of H-pyrrole nitrogens is 1. The Hall–Kier alpha value is -2.95. The molecule has 106 valence electrons. The summed E-state index contributed by atoms with van der Waals surface area (Å²) in [6.07, 6.45) is 0.